The third-order valence-corrected chi connectivity index (χ3v) is 3.34. The first-order chi connectivity index (χ1) is 8.61. The molecular formula is C13H21N3O2. The van der Waals surface area contributed by atoms with Crippen molar-refractivity contribution in [1.29, 1.82) is 0 Å². The Balaban J connectivity index is 2.22. The Kier molecular flexibility index (Phi) is 4.14. The zero-order valence-corrected chi connectivity index (χ0v) is 11.0. The summed E-state index contributed by atoms with van der Waals surface area (Å²) in [5.41, 5.74) is 1.58. The van der Waals surface area contributed by atoms with E-state index in [1.807, 2.05) is 13.8 Å². The predicted octanol–water partition coefficient (Wildman–Crippen LogP) is 1.05. The maximum Gasteiger partial charge on any atom is 0.131 e. The average molecular weight is 251 g/mol. The molecule has 0 aromatic carbocycles. The van der Waals surface area contributed by atoms with Gasteiger partial charge in [-0.15, -0.1) is 0 Å². The molecule has 0 saturated carbocycles. The molecule has 1 aliphatic rings. The van der Waals surface area contributed by atoms with E-state index in [2.05, 4.69) is 14.9 Å². The molecule has 0 atom stereocenters. The third kappa shape index (κ3) is 2.79. The van der Waals surface area contributed by atoms with E-state index in [9.17, 15) is 10.2 Å². The van der Waals surface area contributed by atoms with Crippen LogP contribution in [0.25, 0.3) is 0 Å². The molecule has 1 aliphatic heterocycles. The second-order valence-electron chi connectivity index (χ2n) is 5.09. The highest BCUT2D eigenvalue weighted by molar-refractivity contribution is 5.49. The van der Waals surface area contributed by atoms with Gasteiger partial charge >= 0.3 is 0 Å². The van der Waals surface area contributed by atoms with Crippen LogP contribution in [0.1, 0.15) is 44.1 Å². The van der Waals surface area contributed by atoms with Gasteiger partial charge in [-0.2, -0.15) is 0 Å². The van der Waals surface area contributed by atoms with Crippen LogP contribution in [-0.2, 0) is 6.61 Å². The van der Waals surface area contributed by atoms with Crippen molar-refractivity contribution in [3.63, 3.8) is 0 Å². The Morgan fingerprint density at radius 2 is 2.06 bits per heavy atom. The van der Waals surface area contributed by atoms with Gasteiger partial charge in [0.15, 0.2) is 0 Å². The Morgan fingerprint density at radius 3 is 2.61 bits per heavy atom. The number of aromatic nitrogens is 2. The molecule has 0 amide bonds. The van der Waals surface area contributed by atoms with Gasteiger partial charge in [0.1, 0.15) is 5.82 Å². The summed E-state index contributed by atoms with van der Waals surface area (Å²) < 4.78 is 0. The second kappa shape index (κ2) is 5.63. The molecule has 1 aromatic heterocycles. The normalized spacial score (nSPS) is 17.5. The fraction of sp³-hybridized carbons (Fsp3) is 0.692. The number of piperidine rings is 1. The monoisotopic (exact) mass is 251 g/mol. The van der Waals surface area contributed by atoms with Gasteiger partial charge in [0.25, 0.3) is 0 Å². The van der Waals surface area contributed by atoms with Crippen molar-refractivity contribution < 1.29 is 10.2 Å². The molecule has 100 valence electrons. The van der Waals surface area contributed by atoms with Crippen LogP contribution in [0.5, 0.6) is 0 Å². The van der Waals surface area contributed by atoms with Gasteiger partial charge in [-0.25, -0.2) is 9.97 Å². The Hall–Kier alpha value is -1.20. The predicted molar refractivity (Wildman–Crippen MR) is 69.5 cm³/mol. The van der Waals surface area contributed by atoms with Crippen molar-refractivity contribution >= 4 is 5.69 Å². The number of aliphatic hydroxyl groups is 2. The zero-order valence-electron chi connectivity index (χ0n) is 11.0. The topological polar surface area (TPSA) is 69.5 Å². The zero-order chi connectivity index (χ0) is 13.1. The second-order valence-corrected chi connectivity index (χ2v) is 5.09. The number of hydrogen-bond acceptors (Lipinski definition) is 5. The quantitative estimate of drug-likeness (QED) is 0.840. The molecule has 2 rings (SSSR count). The summed E-state index contributed by atoms with van der Waals surface area (Å²) in [5, 5.41) is 19.0. The Labute approximate surface area is 107 Å². The minimum atomic E-state index is -0.199. The minimum Gasteiger partial charge on any atom is -0.393 e. The van der Waals surface area contributed by atoms with Crippen LogP contribution in [0.15, 0.2) is 6.20 Å². The van der Waals surface area contributed by atoms with E-state index < -0.39 is 0 Å². The highest BCUT2D eigenvalue weighted by Crippen LogP contribution is 2.24. The molecule has 1 saturated heterocycles. The SMILES string of the molecule is CC(C)c1ncc(N2CCC(O)CC2)c(CO)n1. The van der Waals surface area contributed by atoms with Crippen LogP contribution in [0, 0.1) is 0 Å². The van der Waals surface area contributed by atoms with Crippen LogP contribution in [0.3, 0.4) is 0 Å². The molecule has 0 bridgehead atoms. The van der Waals surface area contributed by atoms with Crippen molar-refractivity contribution in [2.75, 3.05) is 18.0 Å². The van der Waals surface area contributed by atoms with Gasteiger partial charge in [0, 0.05) is 19.0 Å². The van der Waals surface area contributed by atoms with Gasteiger partial charge < -0.3 is 15.1 Å². The molecule has 0 aliphatic carbocycles. The molecule has 2 N–H and O–H groups in total. The summed E-state index contributed by atoms with van der Waals surface area (Å²) >= 11 is 0. The molecular weight excluding hydrogens is 230 g/mol. The number of nitrogens with zero attached hydrogens (tertiary/aromatic N) is 3. The maximum absolute atomic E-state index is 9.51. The molecule has 5 heteroatoms. The first kappa shape index (κ1) is 13.2. The summed E-state index contributed by atoms with van der Waals surface area (Å²) in [7, 11) is 0. The van der Waals surface area contributed by atoms with Crippen molar-refractivity contribution in [3.05, 3.63) is 17.7 Å². The van der Waals surface area contributed by atoms with Gasteiger partial charge in [0.2, 0.25) is 0 Å². The molecule has 18 heavy (non-hydrogen) atoms. The summed E-state index contributed by atoms with van der Waals surface area (Å²) in [6.45, 7) is 5.58. The maximum atomic E-state index is 9.51. The van der Waals surface area contributed by atoms with Gasteiger partial charge in [0.05, 0.1) is 30.3 Å². The molecule has 0 spiro atoms. The highest BCUT2D eigenvalue weighted by Gasteiger charge is 2.20. The van der Waals surface area contributed by atoms with Crippen molar-refractivity contribution in [3.8, 4) is 0 Å². The minimum absolute atomic E-state index is 0.0728. The van der Waals surface area contributed by atoms with Crippen molar-refractivity contribution in [1.82, 2.24) is 9.97 Å². The van der Waals surface area contributed by atoms with E-state index in [0.29, 0.717) is 5.69 Å². The van der Waals surface area contributed by atoms with Crippen LogP contribution < -0.4 is 4.90 Å². The molecule has 1 fully saturated rings. The lowest BCUT2D eigenvalue weighted by molar-refractivity contribution is 0.145. The van der Waals surface area contributed by atoms with Crippen molar-refractivity contribution in [2.45, 2.75) is 45.3 Å². The molecule has 5 nitrogen and oxygen atoms in total. The van der Waals surface area contributed by atoms with E-state index >= 15 is 0 Å². The average Bonchev–Trinajstić information content (AvgIpc) is 2.39. The molecule has 2 heterocycles. The van der Waals surface area contributed by atoms with Crippen LogP contribution in [-0.4, -0.2) is 39.4 Å². The fourth-order valence-electron chi connectivity index (χ4n) is 2.19. The largest absolute Gasteiger partial charge is 0.393 e. The van der Waals surface area contributed by atoms with E-state index in [1.54, 1.807) is 6.20 Å². The van der Waals surface area contributed by atoms with E-state index in [0.717, 1.165) is 37.4 Å². The lowest BCUT2D eigenvalue weighted by atomic mass is 10.1. The summed E-state index contributed by atoms with van der Waals surface area (Å²) in [6, 6.07) is 0. The molecule has 0 radical (unpaired) electrons. The Bertz CT molecular complexity index is 401. The lowest BCUT2D eigenvalue weighted by Crippen LogP contribution is -2.36. The lowest BCUT2D eigenvalue weighted by Gasteiger charge is -2.32. The first-order valence-electron chi connectivity index (χ1n) is 6.51. The number of rotatable bonds is 3. The summed E-state index contributed by atoms with van der Waals surface area (Å²) in [4.78, 5) is 10.9. The van der Waals surface area contributed by atoms with Crippen LogP contribution >= 0.6 is 0 Å². The van der Waals surface area contributed by atoms with E-state index in [4.69, 9.17) is 0 Å². The van der Waals surface area contributed by atoms with Crippen LogP contribution in [0.2, 0.25) is 0 Å². The van der Waals surface area contributed by atoms with Gasteiger partial charge in [-0.05, 0) is 12.8 Å². The Morgan fingerprint density at radius 1 is 1.39 bits per heavy atom. The van der Waals surface area contributed by atoms with Crippen LogP contribution in [0.4, 0.5) is 5.69 Å². The molecule has 0 unspecified atom stereocenters. The number of aliphatic hydroxyl groups excluding tert-OH is 2. The first-order valence-corrected chi connectivity index (χ1v) is 6.51. The number of anilines is 1. The van der Waals surface area contributed by atoms with Gasteiger partial charge in [-0.3, -0.25) is 0 Å². The summed E-state index contributed by atoms with van der Waals surface area (Å²) in [6.07, 6.45) is 3.12. The summed E-state index contributed by atoms with van der Waals surface area (Å²) in [5.74, 6) is 1.02. The van der Waals surface area contributed by atoms with Gasteiger partial charge in [-0.1, -0.05) is 13.8 Å². The van der Waals surface area contributed by atoms with Crippen molar-refractivity contribution in [2.24, 2.45) is 0 Å². The standard InChI is InChI=1S/C13H21N3O2/c1-9(2)13-14-7-12(11(8-17)15-13)16-5-3-10(18)4-6-16/h7,9-10,17-18H,3-6,8H2,1-2H3. The number of hydrogen-bond donors (Lipinski definition) is 2. The fourth-order valence-corrected chi connectivity index (χ4v) is 2.19. The third-order valence-electron chi connectivity index (χ3n) is 3.34. The van der Waals surface area contributed by atoms with E-state index in [-0.39, 0.29) is 18.6 Å². The smallest absolute Gasteiger partial charge is 0.131 e. The molecule has 1 aromatic rings. The highest BCUT2D eigenvalue weighted by atomic mass is 16.3. The van der Waals surface area contributed by atoms with E-state index in [1.165, 1.54) is 0 Å².